The van der Waals surface area contributed by atoms with Crippen molar-refractivity contribution in [1.82, 2.24) is 4.98 Å². The highest BCUT2D eigenvalue weighted by molar-refractivity contribution is 6.09. The van der Waals surface area contributed by atoms with E-state index < -0.39 is 6.03 Å². The Hall–Kier alpha value is -5.45. The molecular formula is C41H43N3O7. The third-order valence-corrected chi connectivity index (χ3v) is 8.87. The normalized spacial score (nSPS) is 13.0. The highest BCUT2D eigenvalue weighted by atomic mass is 16.5. The number of hydrogen-bond acceptors (Lipinski definition) is 8. The summed E-state index contributed by atoms with van der Waals surface area (Å²) >= 11 is 0. The van der Waals surface area contributed by atoms with Crippen molar-refractivity contribution in [3.05, 3.63) is 113 Å². The number of rotatable bonds is 12. The van der Waals surface area contributed by atoms with E-state index in [1.165, 1.54) is 7.11 Å². The van der Waals surface area contributed by atoms with E-state index in [-0.39, 0.29) is 23.7 Å². The summed E-state index contributed by atoms with van der Waals surface area (Å²) in [5.74, 6) is 2.35. The Bertz CT molecular complexity index is 2050. The van der Waals surface area contributed by atoms with Crippen LogP contribution >= 0.6 is 0 Å². The van der Waals surface area contributed by atoms with Gasteiger partial charge >= 0.3 is 6.03 Å². The van der Waals surface area contributed by atoms with Gasteiger partial charge in [-0.3, -0.25) is 9.78 Å². The smallest absolute Gasteiger partial charge is 0.323 e. The lowest BCUT2D eigenvalue weighted by Gasteiger charge is -2.27. The molecule has 1 aliphatic heterocycles. The maximum absolute atomic E-state index is 13.6. The molecule has 0 aliphatic carbocycles. The van der Waals surface area contributed by atoms with Gasteiger partial charge in [-0.25, -0.2) is 4.79 Å². The highest BCUT2D eigenvalue weighted by Crippen LogP contribution is 2.38. The van der Waals surface area contributed by atoms with Gasteiger partial charge in [0.05, 0.1) is 51.0 Å². The average Bonchev–Trinajstić information content (AvgIpc) is 3.10. The van der Waals surface area contributed by atoms with Crippen molar-refractivity contribution in [2.75, 3.05) is 38.1 Å². The molecule has 0 atom stereocenters. The molecule has 0 unspecified atom stereocenters. The molecule has 3 N–H and O–H groups in total. The molecule has 10 heteroatoms. The molecule has 51 heavy (non-hydrogen) atoms. The number of benzene rings is 4. The summed E-state index contributed by atoms with van der Waals surface area (Å²) in [6.07, 6.45) is 2.57. The van der Waals surface area contributed by atoms with Crippen LogP contribution in [0, 0.1) is 5.92 Å². The van der Waals surface area contributed by atoms with Gasteiger partial charge in [0.1, 0.15) is 17.2 Å². The maximum Gasteiger partial charge on any atom is 0.323 e. The lowest BCUT2D eigenvalue weighted by atomic mass is 9.84. The van der Waals surface area contributed by atoms with Crippen molar-refractivity contribution in [3.8, 4) is 23.0 Å². The van der Waals surface area contributed by atoms with Gasteiger partial charge in [0.2, 0.25) is 0 Å². The minimum Gasteiger partial charge on any atom is -0.497 e. The van der Waals surface area contributed by atoms with Crippen LogP contribution in [0.3, 0.4) is 0 Å². The van der Waals surface area contributed by atoms with Gasteiger partial charge in [0, 0.05) is 47.5 Å². The number of pyridine rings is 1. The average molecular weight is 690 g/mol. The molecular weight excluding hydrogens is 646 g/mol. The first kappa shape index (κ1) is 35.4. The quantitative estimate of drug-likeness (QED) is 0.112. The van der Waals surface area contributed by atoms with Crippen LogP contribution < -0.4 is 24.8 Å². The molecule has 1 aliphatic rings. The van der Waals surface area contributed by atoms with Crippen LogP contribution in [0.15, 0.2) is 85.1 Å². The van der Waals surface area contributed by atoms with Crippen LogP contribution in [0.1, 0.15) is 59.9 Å². The zero-order chi connectivity index (χ0) is 36.1. The van der Waals surface area contributed by atoms with Crippen molar-refractivity contribution in [2.24, 2.45) is 5.92 Å². The number of methoxy groups -OCH3 is 2. The second-order valence-electron chi connectivity index (χ2n) is 13.7. The number of urea groups is 1. The highest BCUT2D eigenvalue weighted by Gasteiger charge is 2.28. The standard InChI is InChI=1S/C41H43N3O7/c1-41(2,3)28-19-34(37(46)18-27-23-50-24-27)39(49-5)36(20-28)44-40(47)43-35-10-11-38(33-9-7-6-8-32(33)35)51-30-12-13-42-29(21-30)15-25-14-26(22-45)17-31(16-25)48-4/h6-14,16-17,19-21,27,45H,15,18,22-24H2,1-5H3,(H2,43,44,47). The first-order chi connectivity index (χ1) is 24.5. The molecule has 4 aromatic carbocycles. The van der Waals surface area contributed by atoms with E-state index in [2.05, 4.69) is 36.4 Å². The fourth-order valence-corrected chi connectivity index (χ4v) is 6.09. The molecule has 264 valence electrons. The number of nitrogens with one attached hydrogen (secondary N) is 2. The summed E-state index contributed by atoms with van der Waals surface area (Å²) in [5.41, 5.74) is 4.55. The Labute approximate surface area is 297 Å². The molecule has 0 spiro atoms. The lowest BCUT2D eigenvalue weighted by Crippen LogP contribution is -2.30. The van der Waals surface area contributed by atoms with Crippen LogP contribution in [0.2, 0.25) is 0 Å². The first-order valence-corrected chi connectivity index (χ1v) is 16.9. The molecule has 6 rings (SSSR count). The minimum atomic E-state index is -0.482. The second-order valence-corrected chi connectivity index (χ2v) is 13.7. The number of ether oxygens (including phenoxy) is 4. The first-order valence-electron chi connectivity index (χ1n) is 16.9. The van der Waals surface area contributed by atoms with E-state index in [1.54, 1.807) is 31.5 Å². The summed E-state index contributed by atoms with van der Waals surface area (Å²) in [6.45, 7) is 7.23. The zero-order valence-electron chi connectivity index (χ0n) is 29.5. The van der Waals surface area contributed by atoms with Gasteiger partial charge in [0.15, 0.2) is 11.5 Å². The summed E-state index contributed by atoms with van der Waals surface area (Å²) in [4.78, 5) is 31.5. The summed E-state index contributed by atoms with van der Waals surface area (Å²) < 4.78 is 22.8. The Morgan fingerprint density at radius 1 is 0.863 bits per heavy atom. The van der Waals surface area contributed by atoms with Gasteiger partial charge in [-0.05, 0) is 64.6 Å². The van der Waals surface area contributed by atoms with Crippen molar-refractivity contribution in [3.63, 3.8) is 0 Å². The van der Waals surface area contributed by atoms with Crippen LogP contribution in [0.25, 0.3) is 10.8 Å². The summed E-state index contributed by atoms with van der Waals surface area (Å²) in [7, 11) is 3.10. The molecule has 0 saturated carbocycles. The van der Waals surface area contributed by atoms with Crippen molar-refractivity contribution >= 4 is 34.0 Å². The van der Waals surface area contributed by atoms with Gasteiger partial charge < -0.3 is 34.7 Å². The van der Waals surface area contributed by atoms with E-state index in [1.807, 2.05) is 60.7 Å². The molecule has 5 aromatic rings. The Balaban J connectivity index is 1.23. The van der Waals surface area contributed by atoms with Gasteiger partial charge in [-0.2, -0.15) is 0 Å². The number of ketones is 1. The van der Waals surface area contributed by atoms with Crippen molar-refractivity contribution in [2.45, 2.75) is 45.6 Å². The number of carbonyl (C=O) groups excluding carboxylic acids is 2. The SMILES string of the molecule is COc1cc(CO)cc(Cc2cc(Oc3ccc(NC(=O)Nc4cc(C(C)(C)C)cc(C(=O)CC5COC5)c4OC)c4ccccc34)ccn2)c1. The number of carbonyl (C=O) groups is 2. The monoisotopic (exact) mass is 689 g/mol. The molecule has 1 fully saturated rings. The third-order valence-electron chi connectivity index (χ3n) is 8.87. The number of aromatic nitrogens is 1. The fourth-order valence-electron chi connectivity index (χ4n) is 6.09. The molecule has 1 saturated heterocycles. The van der Waals surface area contributed by atoms with E-state index in [0.717, 1.165) is 33.2 Å². The van der Waals surface area contributed by atoms with Crippen LogP contribution in [0.5, 0.6) is 23.0 Å². The molecule has 2 amide bonds. The number of nitrogens with zero attached hydrogens (tertiary/aromatic N) is 1. The number of fused-ring (bicyclic) bond motifs is 1. The van der Waals surface area contributed by atoms with E-state index in [9.17, 15) is 14.7 Å². The van der Waals surface area contributed by atoms with Crippen molar-refractivity contribution in [1.29, 1.82) is 0 Å². The second kappa shape index (κ2) is 15.2. The summed E-state index contributed by atoms with van der Waals surface area (Å²) in [6, 6.07) is 23.8. The lowest BCUT2D eigenvalue weighted by molar-refractivity contribution is -0.0322. The Morgan fingerprint density at radius 2 is 1.61 bits per heavy atom. The number of aliphatic hydroxyl groups is 1. The van der Waals surface area contributed by atoms with Crippen molar-refractivity contribution < 1.29 is 33.6 Å². The van der Waals surface area contributed by atoms with Crippen LogP contribution in [0.4, 0.5) is 16.2 Å². The van der Waals surface area contributed by atoms with Crippen LogP contribution in [-0.2, 0) is 23.2 Å². The number of anilines is 2. The van der Waals surface area contributed by atoms with Gasteiger partial charge in [-0.1, -0.05) is 51.1 Å². The fraction of sp³-hybridized carbons (Fsp3) is 0.293. The largest absolute Gasteiger partial charge is 0.497 e. The van der Waals surface area contributed by atoms with E-state index in [4.69, 9.17) is 18.9 Å². The predicted octanol–water partition coefficient (Wildman–Crippen LogP) is 8.29. The maximum atomic E-state index is 13.6. The molecule has 0 radical (unpaired) electrons. The molecule has 2 heterocycles. The summed E-state index contributed by atoms with van der Waals surface area (Å²) in [5, 5.41) is 17.2. The third kappa shape index (κ3) is 8.30. The Kier molecular flexibility index (Phi) is 10.5. The van der Waals surface area contributed by atoms with Gasteiger partial charge in [0.25, 0.3) is 0 Å². The Morgan fingerprint density at radius 3 is 2.29 bits per heavy atom. The number of aliphatic hydroxyl groups excluding tert-OH is 1. The van der Waals surface area contributed by atoms with Crippen LogP contribution in [-0.4, -0.2) is 49.3 Å². The van der Waals surface area contributed by atoms with E-state index >= 15 is 0 Å². The topological polar surface area (TPSA) is 128 Å². The predicted molar refractivity (Wildman–Crippen MR) is 198 cm³/mol. The number of hydrogen-bond donors (Lipinski definition) is 3. The van der Waals surface area contributed by atoms with E-state index in [0.29, 0.717) is 66.0 Å². The number of amides is 2. The number of Topliss-reactive ketones (excluding diaryl/α,β-unsaturated/α-hetero) is 1. The molecule has 0 bridgehead atoms. The zero-order valence-corrected chi connectivity index (χ0v) is 29.5. The molecule has 10 nitrogen and oxygen atoms in total. The minimum absolute atomic E-state index is 0.0475. The van der Waals surface area contributed by atoms with Gasteiger partial charge in [-0.15, -0.1) is 0 Å². The molecule has 1 aromatic heterocycles.